The van der Waals surface area contributed by atoms with Crippen LogP contribution in [0.2, 0.25) is 0 Å². The van der Waals surface area contributed by atoms with Crippen molar-refractivity contribution in [2.45, 2.75) is 13.1 Å². The number of hydrogen-bond acceptors (Lipinski definition) is 4. The van der Waals surface area contributed by atoms with E-state index in [1.54, 1.807) is 35.0 Å². The predicted octanol–water partition coefficient (Wildman–Crippen LogP) is 4.95. The van der Waals surface area contributed by atoms with Crippen molar-refractivity contribution in [2.75, 3.05) is 16.4 Å². The molecule has 4 aromatic rings. The van der Waals surface area contributed by atoms with Crippen molar-refractivity contribution in [3.8, 4) is 11.1 Å². The minimum absolute atomic E-state index is 0.0439. The van der Waals surface area contributed by atoms with E-state index in [2.05, 4.69) is 20.9 Å². The van der Waals surface area contributed by atoms with Crippen LogP contribution in [0.5, 0.6) is 0 Å². The van der Waals surface area contributed by atoms with Crippen molar-refractivity contribution in [1.82, 2.24) is 14.8 Å². The number of fused-ring (bicyclic) bond motifs is 1. The highest BCUT2D eigenvalue weighted by Crippen LogP contribution is 2.33. The van der Waals surface area contributed by atoms with Gasteiger partial charge in [-0.2, -0.15) is 13.2 Å². The minimum atomic E-state index is -4.49. The lowest BCUT2D eigenvalue weighted by molar-refractivity contribution is -0.138. The van der Waals surface area contributed by atoms with Crippen LogP contribution in [0.15, 0.2) is 60.8 Å². The lowest BCUT2D eigenvalue weighted by atomic mass is 10.1. The van der Waals surface area contributed by atoms with E-state index in [9.17, 15) is 18.0 Å². The standard InChI is InChI=1S/C21H17F3N6O/c1-12-4-7-15(11-17(12)21(22,23)24)27-20(31)26-14-8-5-13(6-9-14)16-3-2-10-30-18(16)19(25)28-29-30/h2-11H,25H2,1H3,(H2,26,27,31). The van der Waals surface area contributed by atoms with Gasteiger partial charge in [0.2, 0.25) is 0 Å². The molecular formula is C21H17F3N6O. The molecule has 2 amide bonds. The average Bonchev–Trinajstić information content (AvgIpc) is 3.10. The number of nitrogens with zero attached hydrogens (tertiary/aromatic N) is 3. The Labute approximate surface area is 174 Å². The molecule has 7 nitrogen and oxygen atoms in total. The number of benzene rings is 2. The van der Waals surface area contributed by atoms with Crippen LogP contribution < -0.4 is 16.4 Å². The number of carbonyl (C=O) groups is 1. The Hall–Kier alpha value is -4.08. The molecule has 4 rings (SSSR count). The molecule has 4 N–H and O–H groups in total. The summed E-state index contributed by atoms with van der Waals surface area (Å²) in [5, 5.41) is 12.8. The average molecular weight is 426 g/mol. The highest BCUT2D eigenvalue weighted by molar-refractivity contribution is 6.00. The van der Waals surface area contributed by atoms with Crippen LogP contribution in [0, 0.1) is 6.92 Å². The molecule has 0 aliphatic heterocycles. The van der Waals surface area contributed by atoms with Crippen molar-refractivity contribution in [3.63, 3.8) is 0 Å². The summed E-state index contributed by atoms with van der Waals surface area (Å²) in [5.74, 6) is 0.300. The lowest BCUT2D eigenvalue weighted by Crippen LogP contribution is -2.20. The van der Waals surface area contributed by atoms with Crippen LogP contribution in [0.25, 0.3) is 16.6 Å². The molecule has 31 heavy (non-hydrogen) atoms. The van der Waals surface area contributed by atoms with Crippen molar-refractivity contribution in [1.29, 1.82) is 0 Å². The van der Waals surface area contributed by atoms with Gasteiger partial charge in [-0.3, -0.25) is 0 Å². The molecule has 0 radical (unpaired) electrons. The molecule has 0 saturated heterocycles. The third-order valence-electron chi connectivity index (χ3n) is 4.72. The molecule has 0 fully saturated rings. The molecule has 2 aromatic carbocycles. The number of pyridine rings is 1. The Bertz CT molecular complexity index is 1260. The molecule has 10 heteroatoms. The van der Waals surface area contributed by atoms with E-state index >= 15 is 0 Å². The largest absolute Gasteiger partial charge is 0.416 e. The molecule has 2 heterocycles. The van der Waals surface area contributed by atoms with Gasteiger partial charge in [-0.25, -0.2) is 9.31 Å². The van der Waals surface area contributed by atoms with Crippen LogP contribution >= 0.6 is 0 Å². The van der Waals surface area contributed by atoms with Crippen molar-refractivity contribution >= 4 is 28.7 Å². The smallest absolute Gasteiger partial charge is 0.380 e. The molecule has 2 aromatic heterocycles. The van der Waals surface area contributed by atoms with Gasteiger partial charge >= 0.3 is 12.2 Å². The van der Waals surface area contributed by atoms with Gasteiger partial charge in [-0.1, -0.05) is 29.5 Å². The van der Waals surface area contributed by atoms with Gasteiger partial charge in [0, 0.05) is 23.1 Å². The predicted molar refractivity (Wildman–Crippen MR) is 112 cm³/mol. The highest BCUT2D eigenvalue weighted by Gasteiger charge is 2.32. The van der Waals surface area contributed by atoms with E-state index in [1.807, 2.05) is 12.1 Å². The molecule has 0 unspecified atom stereocenters. The summed E-state index contributed by atoms with van der Waals surface area (Å²) in [5.41, 5.74) is 8.02. The van der Waals surface area contributed by atoms with E-state index in [1.165, 1.54) is 19.1 Å². The first-order valence-electron chi connectivity index (χ1n) is 9.18. The summed E-state index contributed by atoms with van der Waals surface area (Å²) in [6.07, 6.45) is -2.76. The number of rotatable bonds is 3. The van der Waals surface area contributed by atoms with Crippen LogP contribution in [-0.4, -0.2) is 20.9 Å². The number of anilines is 3. The fourth-order valence-corrected chi connectivity index (χ4v) is 3.24. The Morgan fingerprint density at radius 2 is 1.71 bits per heavy atom. The number of alkyl halides is 3. The molecule has 0 aliphatic carbocycles. The SMILES string of the molecule is Cc1ccc(NC(=O)Nc2ccc(-c3cccn4nnc(N)c34)cc2)cc1C(F)(F)F. The summed E-state index contributed by atoms with van der Waals surface area (Å²) in [6.45, 7) is 1.36. The first kappa shape index (κ1) is 20.2. The van der Waals surface area contributed by atoms with Gasteiger partial charge in [-0.05, 0) is 48.4 Å². The molecule has 158 valence electrons. The maximum absolute atomic E-state index is 13.0. The molecule has 0 bridgehead atoms. The number of aryl methyl sites for hydroxylation is 1. The number of halogens is 3. The molecular weight excluding hydrogens is 409 g/mol. The molecule has 0 aliphatic rings. The maximum atomic E-state index is 13.0. The number of carbonyl (C=O) groups excluding carboxylic acids is 1. The number of nitrogens with two attached hydrogens (primary N) is 1. The number of amides is 2. The van der Waals surface area contributed by atoms with E-state index < -0.39 is 17.8 Å². The third-order valence-corrected chi connectivity index (χ3v) is 4.72. The monoisotopic (exact) mass is 426 g/mol. The number of urea groups is 1. The third kappa shape index (κ3) is 4.13. The first-order valence-corrected chi connectivity index (χ1v) is 9.18. The van der Waals surface area contributed by atoms with Crippen LogP contribution in [-0.2, 0) is 6.18 Å². The Morgan fingerprint density at radius 1 is 1.03 bits per heavy atom. The Balaban J connectivity index is 1.49. The van der Waals surface area contributed by atoms with Gasteiger partial charge in [0.1, 0.15) is 5.52 Å². The van der Waals surface area contributed by atoms with Gasteiger partial charge in [0.15, 0.2) is 5.82 Å². The summed E-state index contributed by atoms with van der Waals surface area (Å²) >= 11 is 0. The van der Waals surface area contributed by atoms with Gasteiger partial charge in [0.05, 0.1) is 5.56 Å². The molecule has 0 atom stereocenters. The zero-order chi connectivity index (χ0) is 22.2. The summed E-state index contributed by atoms with van der Waals surface area (Å²) in [6, 6.07) is 13.6. The quantitative estimate of drug-likeness (QED) is 0.432. The van der Waals surface area contributed by atoms with Crippen LogP contribution in [0.1, 0.15) is 11.1 Å². The van der Waals surface area contributed by atoms with Crippen molar-refractivity contribution in [3.05, 3.63) is 71.9 Å². The van der Waals surface area contributed by atoms with Crippen molar-refractivity contribution in [2.24, 2.45) is 0 Å². The number of aromatic nitrogens is 3. The van der Waals surface area contributed by atoms with E-state index in [0.29, 0.717) is 17.0 Å². The Morgan fingerprint density at radius 3 is 2.42 bits per heavy atom. The lowest BCUT2D eigenvalue weighted by Gasteiger charge is -2.13. The summed E-state index contributed by atoms with van der Waals surface area (Å²) < 4.78 is 40.7. The first-order chi connectivity index (χ1) is 14.7. The van der Waals surface area contributed by atoms with Gasteiger partial charge in [0.25, 0.3) is 0 Å². The van der Waals surface area contributed by atoms with Crippen molar-refractivity contribution < 1.29 is 18.0 Å². The topological polar surface area (TPSA) is 97.3 Å². The zero-order valence-electron chi connectivity index (χ0n) is 16.2. The van der Waals surface area contributed by atoms with Gasteiger partial charge < -0.3 is 16.4 Å². The zero-order valence-corrected chi connectivity index (χ0v) is 16.2. The number of nitrogen functional groups attached to an aromatic ring is 1. The molecule has 0 saturated carbocycles. The summed E-state index contributed by atoms with van der Waals surface area (Å²) in [7, 11) is 0. The van der Waals surface area contributed by atoms with Gasteiger partial charge in [-0.15, -0.1) is 5.10 Å². The second-order valence-electron chi connectivity index (χ2n) is 6.87. The highest BCUT2D eigenvalue weighted by atomic mass is 19.4. The Kier molecular flexibility index (Phi) is 4.97. The summed E-state index contributed by atoms with van der Waals surface area (Å²) in [4.78, 5) is 12.2. The normalized spacial score (nSPS) is 11.5. The maximum Gasteiger partial charge on any atom is 0.416 e. The fourth-order valence-electron chi connectivity index (χ4n) is 3.24. The van der Waals surface area contributed by atoms with E-state index in [-0.39, 0.29) is 11.3 Å². The molecule has 0 spiro atoms. The van der Waals surface area contributed by atoms with Crippen LogP contribution in [0.4, 0.5) is 35.2 Å². The van der Waals surface area contributed by atoms with Crippen LogP contribution in [0.3, 0.4) is 0 Å². The van der Waals surface area contributed by atoms with E-state index in [0.717, 1.165) is 17.2 Å². The fraction of sp³-hybridized carbons (Fsp3) is 0.0952. The minimum Gasteiger partial charge on any atom is -0.380 e. The number of hydrogen-bond donors (Lipinski definition) is 3. The second kappa shape index (κ2) is 7.63. The second-order valence-corrected chi connectivity index (χ2v) is 6.87. The van der Waals surface area contributed by atoms with E-state index in [4.69, 9.17) is 5.73 Å². The number of nitrogens with one attached hydrogen (secondary N) is 2.